The van der Waals surface area contributed by atoms with Gasteiger partial charge in [-0.15, -0.1) is 0 Å². The van der Waals surface area contributed by atoms with E-state index in [1.54, 1.807) is 6.07 Å². The molecule has 0 saturated heterocycles. The van der Waals surface area contributed by atoms with Crippen LogP contribution in [0, 0.1) is 12.2 Å². The van der Waals surface area contributed by atoms with Crippen molar-refractivity contribution in [3.05, 3.63) is 42.1 Å². The highest BCUT2D eigenvalue weighted by molar-refractivity contribution is 5.30. The summed E-state index contributed by atoms with van der Waals surface area (Å²) in [6.07, 6.45) is 3.15. The van der Waals surface area contributed by atoms with Gasteiger partial charge in [-0.25, -0.2) is 4.39 Å². The summed E-state index contributed by atoms with van der Waals surface area (Å²) in [6.45, 7) is 0. The molecular weight excluding hydrogens is 127 g/mol. The minimum absolute atomic E-state index is 0.0683. The second kappa shape index (κ2) is 2.08. The minimum atomic E-state index is -0.0683. The molecule has 51 valence electrons. The molecule has 1 heteroatoms. The molecule has 0 spiro atoms. The molecule has 1 aromatic carbocycles. The summed E-state index contributed by atoms with van der Waals surface area (Å²) in [5.41, 5.74) is 0.850. The lowest BCUT2D eigenvalue weighted by molar-refractivity contribution is 0.612. The van der Waals surface area contributed by atoms with Crippen molar-refractivity contribution in [2.45, 2.75) is 12.3 Å². The molecule has 0 amide bonds. The average Bonchev–Trinajstić information content (AvgIpc) is 2.71. The predicted octanol–water partition coefficient (Wildman–Crippen LogP) is 2.52. The van der Waals surface area contributed by atoms with Crippen molar-refractivity contribution in [3.63, 3.8) is 0 Å². The van der Waals surface area contributed by atoms with Gasteiger partial charge in [0, 0.05) is 0 Å². The highest BCUT2D eigenvalue weighted by Crippen LogP contribution is 2.39. The molecule has 1 radical (unpaired) electrons. The third-order valence-corrected chi connectivity index (χ3v) is 1.78. The van der Waals surface area contributed by atoms with E-state index in [4.69, 9.17) is 0 Å². The average molecular weight is 135 g/mol. The van der Waals surface area contributed by atoms with Crippen LogP contribution >= 0.6 is 0 Å². The number of hydrogen-bond acceptors (Lipinski definition) is 0. The minimum Gasteiger partial charge on any atom is -0.207 e. The Morgan fingerprint density at radius 1 is 1.30 bits per heavy atom. The predicted molar refractivity (Wildman–Crippen MR) is 38.1 cm³/mol. The second-order valence-electron chi connectivity index (χ2n) is 2.60. The summed E-state index contributed by atoms with van der Waals surface area (Å²) in [4.78, 5) is 0. The lowest BCUT2D eigenvalue weighted by Gasteiger charge is -1.96. The molecular formula is C9H8F. The van der Waals surface area contributed by atoms with Crippen LogP contribution in [0.2, 0.25) is 0 Å². The third-order valence-electron chi connectivity index (χ3n) is 1.78. The highest BCUT2D eigenvalue weighted by atomic mass is 19.1. The Hall–Kier alpha value is -0.850. The largest absolute Gasteiger partial charge is 0.207 e. The fraction of sp³-hybridized carbons (Fsp3) is 0.222. The molecule has 1 aliphatic carbocycles. The monoisotopic (exact) mass is 135 g/mol. The van der Waals surface area contributed by atoms with Gasteiger partial charge < -0.3 is 0 Å². The van der Waals surface area contributed by atoms with Crippen LogP contribution < -0.4 is 0 Å². The van der Waals surface area contributed by atoms with Gasteiger partial charge in [-0.05, 0) is 30.4 Å². The quantitative estimate of drug-likeness (QED) is 0.555. The van der Waals surface area contributed by atoms with Gasteiger partial charge in [-0.3, -0.25) is 0 Å². The Bertz CT molecular complexity index is 238. The molecule has 0 aromatic heterocycles. The summed E-state index contributed by atoms with van der Waals surface area (Å²) in [5, 5.41) is 0. The topological polar surface area (TPSA) is 0 Å². The molecule has 1 atom stereocenters. The van der Waals surface area contributed by atoms with E-state index in [1.807, 2.05) is 12.1 Å². The maximum absolute atomic E-state index is 12.9. The van der Waals surface area contributed by atoms with Crippen molar-refractivity contribution in [1.82, 2.24) is 0 Å². The van der Waals surface area contributed by atoms with E-state index in [-0.39, 0.29) is 5.82 Å². The zero-order chi connectivity index (χ0) is 6.97. The van der Waals surface area contributed by atoms with Gasteiger partial charge in [0.05, 0.1) is 0 Å². The molecule has 0 bridgehead atoms. The molecule has 0 nitrogen and oxygen atoms in total. The molecule has 1 unspecified atom stereocenters. The summed E-state index contributed by atoms with van der Waals surface area (Å²) in [5.74, 6) is 0.336. The maximum Gasteiger partial charge on any atom is 0.126 e. The molecule has 1 aromatic rings. The van der Waals surface area contributed by atoms with Gasteiger partial charge >= 0.3 is 0 Å². The highest BCUT2D eigenvalue weighted by Gasteiger charge is 2.25. The van der Waals surface area contributed by atoms with Crippen LogP contribution in [-0.4, -0.2) is 0 Å². The molecule has 10 heavy (non-hydrogen) atoms. The normalized spacial score (nSPS) is 17.3. The summed E-state index contributed by atoms with van der Waals surface area (Å²) < 4.78 is 12.9. The number of hydrogen-bond donors (Lipinski definition) is 0. The van der Waals surface area contributed by atoms with E-state index in [9.17, 15) is 4.39 Å². The first-order valence-corrected chi connectivity index (χ1v) is 3.45. The van der Waals surface area contributed by atoms with Crippen molar-refractivity contribution >= 4 is 0 Å². The van der Waals surface area contributed by atoms with Crippen LogP contribution in [0.25, 0.3) is 0 Å². The van der Waals surface area contributed by atoms with Crippen LogP contribution in [0.3, 0.4) is 0 Å². The zero-order valence-electron chi connectivity index (χ0n) is 5.55. The van der Waals surface area contributed by atoms with Gasteiger partial charge in [-0.2, -0.15) is 0 Å². The van der Waals surface area contributed by atoms with Crippen molar-refractivity contribution in [3.8, 4) is 0 Å². The molecule has 0 aliphatic heterocycles. The van der Waals surface area contributed by atoms with E-state index in [0.717, 1.165) is 12.0 Å². The zero-order valence-corrected chi connectivity index (χ0v) is 5.55. The molecule has 1 saturated carbocycles. The Morgan fingerprint density at radius 2 is 2.00 bits per heavy atom. The molecule has 2 rings (SSSR count). The van der Waals surface area contributed by atoms with E-state index < -0.39 is 0 Å². The van der Waals surface area contributed by atoms with Crippen molar-refractivity contribution < 1.29 is 4.39 Å². The number of rotatable bonds is 1. The Morgan fingerprint density at radius 3 is 2.60 bits per heavy atom. The van der Waals surface area contributed by atoms with Gasteiger partial charge in [0.1, 0.15) is 5.82 Å². The van der Waals surface area contributed by atoms with Crippen molar-refractivity contribution in [2.24, 2.45) is 0 Å². The van der Waals surface area contributed by atoms with Crippen LogP contribution in [0.1, 0.15) is 17.9 Å². The Labute approximate surface area is 59.7 Å². The van der Waals surface area contributed by atoms with E-state index >= 15 is 0 Å². The van der Waals surface area contributed by atoms with Gasteiger partial charge in [0.25, 0.3) is 0 Å². The molecule has 1 fully saturated rings. The van der Waals surface area contributed by atoms with Gasteiger partial charge in [0.15, 0.2) is 0 Å². The first-order chi connectivity index (χ1) is 4.88. The van der Waals surface area contributed by atoms with E-state index in [0.29, 0.717) is 5.92 Å². The van der Waals surface area contributed by atoms with Crippen molar-refractivity contribution in [2.75, 3.05) is 0 Å². The van der Waals surface area contributed by atoms with Crippen molar-refractivity contribution in [1.29, 1.82) is 0 Å². The second-order valence-corrected chi connectivity index (χ2v) is 2.60. The Kier molecular flexibility index (Phi) is 1.23. The van der Waals surface area contributed by atoms with Crippen LogP contribution in [-0.2, 0) is 0 Å². The fourth-order valence-corrected chi connectivity index (χ4v) is 1.10. The lowest BCUT2D eigenvalue weighted by atomic mass is 10.1. The molecule has 0 heterocycles. The van der Waals surface area contributed by atoms with Gasteiger partial charge in [-0.1, -0.05) is 18.2 Å². The molecule has 0 N–H and O–H groups in total. The summed E-state index contributed by atoms with van der Waals surface area (Å²) >= 11 is 0. The Balaban J connectivity index is 2.39. The smallest absolute Gasteiger partial charge is 0.126 e. The SMILES string of the molecule is Fc1ccccc1C1[CH]C1. The van der Waals surface area contributed by atoms with Crippen LogP contribution in [0.15, 0.2) is 24.3 Å². The first kappa shape index (κ1) is 5.90. The van der Waals surface area contributed by atoms with E-state index in [1.165, 1.54) is 6.07 Å². The molecule has 1 aliphatic rings. The first-order valence-electron chi connectivity index (χ1n) is 3.45. The van der Waals surface area contributed by atoms with Crippen LogP contribution in [0.4, 0.5) is 4.39 Å². The maximum atomic E-state index is 12.9. The lowest BCUT2D eigenvalue weighted by Crippen LogP contribution is -1.83. The summed E-state index contributed by atoms with van der Waals surface area (Å²) in [7, 11) is 0. The third kappa shape index (κ3) is 0.919. The fourth-order valence-electron chi connectivity index (χ4n) is 1.10. The standard InChI is InChI=1S/C9H8F/c10-9-4-2-1-3-8(9)7-5-6-7/h1-5,7H,6H2. The summed E-state index contributed by atoms with van der Waals surface area (Å²) in [6, 6.07) is 6.97. The number of halogens is 1. The van der Waals surface area contributed by atoms with Crippen LogP contribution in [0.5, 0.6) is 0 Å². The number of benzene rings is 1. The van der Waals surface area contributed by atoms with Gasteiger partial charge in [0.2, 0.25) is 0 Å². The van der Waals surface area contributed by atoms with E-state index in [2.05, 4.69) is 6.42 Å².